The van der Waals surface area contributed by atoms with E-state index in [1.807, 2.05) is 0 Å². The Hall–Kier alpha value is -2.04. The van der Waals surface area contributed by atoms with Crippen molar-refractivity contribution in [3.05, 3.63) is 47.8 Å². The van der Waals surface area contributed by atoms with E-state index in [1.54, 1.807) is 13.0 Å². The Balaban J connectivity index is 2.44. The Labute approximate surface area is 102 Å². The maximum absolute atomic E-state index is 12.4. The summed E-state index contributed by atoms with van der Waals surface area (Å²) >= 11 is 0. The number of aryl methyl sites for hydroxylation is 1. The molecule has 1 N–H and O–H groups in total. The van der Waals surface area contributed by atoms with Gasteiger partial charge in [0.15, 0.2) is 0 Å². The number of benzene rings is 1. The summed E-state index contributed by atoms with van der Waals surface area (Å²) in [5.74, 6) is -0.0164. The molecular weight excluding hydrogens is 243 g/mol. The molecule has 0 aliphatic carbocycles. The molecule has 0 saturated carbocycles. The van der Waals surface area contributed by atoms with Crippen LogP contribution in [0.4, 0.5) is 13.2 Å². The van der Waals surface area contributed by atoms with Gasteiger partial charge in [0.25, 0.3) is 0 Å². The topological polar surface area (TPSA) is 33.1 Å². The van der Waals surface area contributed by atoms with Gasteiger partial charge >= 0.3 is 6.18 Å². The summed E-state index contributed by atoms with van der Waals surface area (Å²) in [6.07, 6.45) is -2.85. The van der Waals surface area contributed by atoms with Crippen LogP contribution in [0.15, 0.2) is 36.5 Å². The van der Waals surface area contributed by atoms with Gasteiger partial charge in [0.1, 0.15) is 5.75 Å². The van der Waals surface area contributed by atoms with Gasteiger partial charge in [-0.05, 0) is 30.7 Å². The lowest BCUT2D eigenvalue weighted by molar-refractivity contribution is -0.137. The van der Waals surface area contributed by atoms with Crippen molar-refractivity contribution in [2.75, 3.05) is 0 Å². The molecule has 0 unspecified atom stereocenters. The first kappa shape index (κ1) is 12.4. The highest BCUT2D eigenvalue weighted by molar-refractivity contribution is 5.70. The largest absolute Gasteiger partial charge is 0.505 e. The van der Waals surface area contributed by atoms with E-state index in [9.17, 15) is 18.3 Å². The molecule has 0 atom stereocenters. The molecule has 2 rings (SSSR count). The third-order valence-corrected chi connectivity index (χ3v) is 2.63. The van der Waals surface area contributed by atoms with Crippen LogP contribution in [0.2, 0.25) is 0 Å². The standard InChI is InChI=1S/C13H10F3NO/c1-8-12(18)11(6-7-17-8)9-2-4-10(5-3-9)13(14,15)16/h2-7,18H,1H3. The van der Waals surface area contributed by atoms with Crippen molar-refractivity contribution < 1.29 is 18.3 Å². The summed E-state index contributed by atoms with van der Waals surface area (Å²) in [6, 6.07) is 6.20. The minimum absolute atomic E-state index is 0.0164. The Morgan fingerprint density at radius 2 is 1.67 bits per heavy atom. The fourth-order valence-electron chi connectivity index (χ4n) is 1.63. The fraction of sp³-hybridized carbons (Fsp3) is 0.154. The van der Waals surface area contributed by atoms with E-state index in [4.69, 9.17) is 0 Å². The van der Waals surface area contributed by atoms with Crippen LogP contribution in [-0.4, -0.2) is 10.1 Å². The molecule has 1 aromatic heterocycles. The van der Waals surface area contributed by atoms with E-state index < -0.39 is 11.7 Å². The maximum Gasteiger partial charge on any atom is 0.416 e. The molecule has 5 heteroatoms. The van der Waals surface area contributed by atoms with Crippen LogP contribution in [0.1, 0.15) is 11.3 Å². The number of halogens is 3. The SMILES string of the molecule is Cc1nccc(-c2ccc(C(F)(F)F)cc2)c1O. The number of aromatic hydroxyl groups is 1. The molecule has 0 radical (unpaired) electrons. The van der Waals surface area contributed by atoms with Gasteiger partial charge in [-0.25, -0.2) is 0 Å². The maximum atomic E-state index is 12.4. The third kappa shape index (κ3) is 2.30. The number of rotatable bonds is 1. The molecule has 1 aromatic carbocycles. The zero-order valence-electron chi connectivity index (χ0n) is 9.49. The molecule has 0 saturated heterocycles. The van der Waals surface area contributed by atoms with Crippen molar-refractivity contribution >= 4 is 0 Å². The highest BCUT2D eigenvalue weighted by Crippen LogP contribution is 2.34. The van der Waals surface area contributed by atoms with Crippen LogP contribution in [0.3, 0.4) is 0 Å². The van der Waals surface area contributed by atoms with Gasteiger partial charge in [0, 0.05) is 11.8 Å². The summed E-state index contributed by atoms with van der Waals surface area (Å²) in [6.45, 7) is 1.63. The first-order valence-electron chi connectivity index (χ1n) is 5.22. The van der Waals surface area contributed by atoms with Crippen LogP contribution in [-0.2, 0) is 6.18 Å². The predicted molar refractivity (Wildman–Crippen MR) is 61.1 cm³/mol. The molecular formula is C13H10F3NO. The number of aromatic nitrogens is 1. The van der Waals surface area contributed by atoms with E-state index in [2.05, 4.69) is 4.98 Å². The highest BCUT2D eigenvalue weighted by Gasteiger charge is 2.30. The second-order valence-corrected chi connectivity index (χ2v) is 3.87. The Bertz CT molecular complexity index is 561. The van der Waals surface area contributed by atoms with E-state index >= 15 is 0 Å². The van der Waals surface area contributed by atoms with Crippen LogP contribution in [0, 0.1) is 6.92 Å². The van der Waals surface area contributed by atoms with Crippen LogP contribution >= 0.6 is 0 Å². The molecule has 0 amide bonds. The monoisotopic (exact) mass is 253 g/mol. The van der Waals surface area contributed by atoms with Crippen molar-refractivity contribution in [1.29, 1.82) is 0 Å². The fourth-order valence-corrected chi connectivity index (χ4v) is 1.63. The van der Waals surface area contributed by atoms with Crippen molar-refractivity contribution in [2.45, 2.75) is 13.1 Å². The van der Waals surface area contributed by atoms with Crippen LogP contribution in [0.25, 0.3) is 11.1 Å². The molecule has 0 aliphatic heterocycles. The summed E-state index contributed by atoms with van der Waals surface area (Å²) in [4.78, 5) is 3.89. The number of pyridine rings is 1. The van der Waals surface area contributed by atoms with Gasteiger partial charge in [-0.1, -0.05) is 12.1 Å². The Morgan fingerprint density at radius 1 is 1.06 bits per heavy atom. The van der Waals surface area contributed by atoms with E-state index in [0.717, 1.165) is 12.1 Å². The first-order chi connectivity index (χ1) is 8.39. The van der Waals surface area contributed by atoms with Crippen molar-refractivity contribution in [1.82, 2.24) is 4.98 Å². The first-order valence-corrected chi connectivity index (χ1v) is 5.22. The molecule has 1 heterocycles. The molecule has 94 valence electrons. The minimum atomic E-state index is -4.35. The number of nitrogens with zero attached hydrogens (tertiary/aromatic N) is 1. The lowest BCUT2D eigenvalue weighted by Crippen LogP contribution is -2.04. The minimum Gasteiger partial charge on any atom is -0.505 e. The van der Waals surface area contributed by atoms with Gasteiger partial charge in [0.2, 0.25) is 0 Å². The highest BCUT2D eigenvalue weighted by atomic mass is 19.4. The third-order valence-electron chi connectivity index (χ3n) is 2.63. The average Bonchev–Trinajstić information content (AvgIpc) is 2.32. The predicted octanol–water partition coefficient (Wildman–Crippen LogP) is 3.78. The average molecular weight is 253 g/mol. The van der Waals surface area contributed by atoms with Crippen LogP contribution in [0.5, 0.6) is 5.75 Å². The van der Waals surface area contributed by atoms with E-state index in [0.29, 0.717) is 16.8 Å². The summed E-state index contributed by atoms with van der Waals surface area (Å²) in [5, 5.41) is 9.80. The number of hydrogen-bond acceptors (Lipinski definition) is 2. The molecule has 18 heavy (non-hydrogen) atoms. The molecule has 2 nitrogen and oxygen atoms in total. The summed E-state index contributed by atoms with van der Waals surface area (Å²) in [5.41, 5.74) is 0.714. The molecule has 0 bridgehead atoms. The smallest absolute Gasteiger partial charge is 0.416 e. The second kappa shape index (κ2) is 4.33. The van der Waals surface area contributed by atoms with E-state index in [1.165, 1.54) is 18.3 Å². The van der Waals surface area contributed by atoms with Crippen molar-refractivity contribution in [3.8, 4) is 16.9 Å². The normalized spacial score (nSPS) is 11.6. The molecule has 0 fully saturated rings. The van der Waals surface area contributed by atoms with Gasteiger partial charge in [-0.15, -0.1) is 0 Å². The lowest BCUT2D eigenvalue weighted by atomic mass is 10.0. The zero-order chi connectivity index (χ0) is 13.3. The van der Waals surface area contributed by atoms with Crippen LogP contribution < -0.4 is 0 Å². The lowest BCUT2D eigenvalue weighted by Gasteiger charge is -2.09. The Morgan fingerprint density at radius 3 is 2.22 bits per heavy atom. The quantitative estimate of drug-likeness (QED) is 0.838. The molecule has 2 aromatic rings. The van der Waals surface area contributed by atoms with Crippen molar-refractivity contribution in [3.63, 3.8) is 0 Å². The number of hydrogen-bond donors (Lipinski definition) is 1. The van der Waals surface area contributed by atoms with Gasteiger partial charge in [-0.3, -0.25) is 4.98 Å². The summed E-state index contributed by atoms with van der Waals surface area (Å²) < 4.78 is 37.2. The van der Waals surface area contributed by atoms with Gasteiger partial charge in [0.05, 0.1) is 11.3 Å². The van der Waals surface area contributed by atoms with Gasteiger partial charge in [-0.2, -0.15) is 13.2 Å². The van der Waals surface area contributed by atoms with E-state index in [-0.39, 0.29) is 5.75 Å². The molecule has 0 spiro atoms. The second-order valence-electron chi connectivity index (χ2n) is 3.87. The zero-order valence-corrected chi connectivity index (χ0v) is 9.49. The number of alkyl halides is 3. The Kier molecular flexibility index (Phi) is 2.98. The molecule has 0 aliphatic rings. The van der Waals surface area contributed by atoms with Gasteiger partial charge < -0.3 is 5.11 Å². The van der Waals surface area contributed by atoms with Crippen molar-refractivity contribution in [2.24, 2.45) is 0 Å². The summed E-state index contributed by atoms with van der Waals surface area (Å²) in [7, 11) is 0.